The van der Waals surface area contributed by atoms with Gasteiger partial charge in [-0.05, 0) is 12.5 Å². The van der Waals surface area contributed by atoms with E-state index in [1.54, 1.807) is 0 Å². The van der Waals surface area contributed by atoms with Gasteiger partial charge in [0.1, 0.15) is 0 Å². The molecule has 0 N–H and O–H groups in total. The molecule has 1 aliphatic heterocycles. The molecule has 2 rings (SSSR count). The molecule has 16 heavy (non-hydrogen) atoms. The summed E-state index contributed by atoms with van der Waals surface area (Å²) in [4.78, 5) is 16.7. The van der Waals surface area contributed by atoms with Crippen LogP contribution in [-0.2, 0) is 20.6 Å². The molecule has 3 nitrogen and oxygen atoms in total. The van der Waals surface area contributed by atoms with Gasteiger partial charge in [0.05, 0.1) is 6.42 Å². The van der Waals surface area contributed by atoms with E-state index < -0.39 is 0 Å². The minimum Gasteiger partial charge on any atom is -0.243 e. The average Bonchev–Trinajstić information content (AvgIpc) is 2.74. The van der Waals surface area contributed by atoms with Crippen molar-refractivity contribution in [3.63, 3.8) is 0 Å². The van der Waals surface area contributed by atoms with E-state index in [1.807, 2.05) is 31.2 Å². The second-order valence-corrected chi connectivity index (χ2v) is 4.17. The van der Waals surface area contributed by atoms with Crippen molar-refractivity contribution in [3.05, 3.63) is 35.4 Å². The second kappa shape index (κ2) is 5.12. The minimum absolute atomic E-state index is 0.198. The molecule has 0 saturated carbocycles. The first kappa shape index (κ1) is 11.1. The maximum Gasteiger partial charge on any atom is 0.393 e. The molecule has 86 valence electrons. The third kappa shape index (κ3) is 3.07. The molecule has 0 aliphatic carbocycles. The quantitative estimate of drug-likeness (QED) is 0.579. The van der Waals surface area contributed by atoms with Crippen LogP contribution in [0.15, 0.2) is 24.3 Å². The summed E-state index contributed by atoms with van der Waals surface area (Å²) in [5, 5.41) is 0. The Kier molecular flexibility index (Phi) is 3.57. The number of rotatable bonds is 3. The summed E-state index contributed by atoms with van der Waals surface area (Å²) >= 11 is 0. The van der Waals surface area contributed by atoms with E-state index in [4.69, 9.17) is 4.89 Å². The van der Waals surface area contributed by atoms with E-state index in [1.165, 1.54) is 5.56 Å². The number of benzene rings is 1. The van der Waals surface area contributed by atoms with Crippen molar-refractivity contribution in [1.29, 1.82) is 0 Å². The molecule has 1 fully saturated rings. The standard InChI is InChI=1S/C13H17O3/c1-11-4-6-12(7-5-11)10-13(14)15-16-8-2-3-9-16/h4-7H,2-3,8-10H2,1H3/q+1. The molecule has 1 aliphatic rings. The fraction of sp³-hybridized carbons (Fsp3) is 0.462. The van der Waals surface area contributed by atoms with Crippen LogP contribution in [0.25, 0.3) is 0 Å². The maximum atomic E-state index is 11.6. The molecule has 1 heterocycles. The average molecular weight is 221 g/mol. The van der Waals surface area contributed by atoms with Crippen LogP contribution in [0.3, 0.4) is 0 Å². The number of carbonyl (C=O) groups is 1. The van der Waals surface area contributed by atoms with Gasteiger partial charge in [-0.15, -0.1) is 0 Å². The van der Waals surface area contributed by atoms with E-state index in [0.29, 0.717) is 6.42 Å². The highest BCUT2D eigenvalue weighted by atomic mass is 17.3. The zero-order valence-electron chi connectivity index (χ0n) is 9.57. The van der Waals surface area contributed by atoms with Crippen molar-refractivity contribution in [3.8, 4) is 0 Å². The lowest BCUT2D eigenvalue weighted by atomic mass is 10.1. The van der Waals surface area contributed by atoms with Crippen molar-refractivity contribution >= 4 is 5.97 Å². The largest absolute Gasteiger partial charge is 0.393 e. The van der Waals surface area contributed by atoms with Crippen molar-refractivity contribution in [2.75, 3.05) is 13.2 Å². The Hall–Kier alpha value is -1.35. The van der Waals surface area contributed by atoms with Crippen LogP contribution in [0.4, 0.5) is 0 Å². The predicted octanol–water partition coefficient (Wildman–Crippen LogP) is 2.34. The summed E-state index contributed by atoms with van der Waals surface area (Å²) in [6.07, 6.45) is 2.51. The first-order valence-electron chi connectivity index (χ1n) is 5.68. The summed E-state index contributed by atoms with van der Waals surface area (Å²) < 4.78 is 2.55. The van der Waals surface area contributed by atoms with Gasteiger partial charge < -0.3 is 0 Å². The highest BCUT2D eigenvalue weighted by Crippen LogP contribution is 2.14. The van der Waals surface area contributed by atoms with Gasteiger partial charge in [-0.25, -0.2) is 4.79 Å². The lowest BCUT2D eigenvalue weighted by Gasteiger charge is -2.07. The van der Waals surface area contributed by atoms with Gasteiger partial charge in [0.25, 0.3) is 0 Å². The SMILES string of the molecule is Cc1ccc(CC(=O)O[O+]2CCCC2)cc1. The normalized spacial score (nSPS) is 16.3. The summed E-state index contributed by atoms with van der Waals surface area (Å²) in [5.41, 5.74) is 2.20. The van der Waals surface area contributed by atoms with Crippen molar-refractivity contribution < 1.29 is 14.2 Å². The van der Waals surface area contributed by atoms with Crippen molar-refractivity contribution in [2.24, 2.45) is 0 Å². The Labute approximate surface area is 95.6 Å². The summed E-state index contributed by atoms with van der Waals surface area (Å²) in [5.74, 6) is -0.198. The minimum atomic E-state index is -0.198. The highest BCUT2D eigenvalue weighted by Gasteiger charge is 2.23. The van der Waals surface area contributed by atoms with Gasteiger partial charge in [-0.1, -0.05) is 29.8 Å². The Balaban J connectivity index is 1.84. The van der Waals surface area contributed by atoms with Crippen LogP contribution < -0.4 is 0 Å². The van der Waals surface area contributed by atoms with Gasteiger partial charge in [-0.2, -0.15) is 9.41 Å². The summed E-state index contributed by atoms with van der Waals surface area (Å²) in [6, 6.07) is 7.94. The molecule has 0 bridgehead atoms. The predicted molar refractivity (Wildman–Crippen MR) is 61.0 cm³/mol. The van der Waals surface area contributed by atoms with E-state index in [0.717, 1.165) is 31.6 Å². The Morgan fingerprint density at radius 3 is 2.50 bits per heavy atom. The smallest absolute Gasteiger partial charge is 0.243 e. The van der Waals surface area contributed by atoms with E-state index in [2.05, 4.69) is 4.52 Å². The van der Waals surface area contributed by atoms with Crippen LogP contribution in [0.2, 0.25) is 0 Å². The fourth-order valence-electron chi connectivity index (χ4n) is 1.75. The number of hydrogen-bond acceptors (Lipinski definition) is 2. The lowest BCUT2D eigenvalue weighted by Crippen LogP contribution is -2.18. The van der Waals surface area contributed by atoms with E-state index >= 15 is 0 Å². The molecule has 0 aromatic heterocycles. The zero-order valence-corrected chi connectivity index (χ0v) is 9.57. The Morgan fingerprint density at radius 1 is 1.25 bits per heavy atom. The summed E-state index contributed by atoms with van der Waals surface area (Å²) in [6.45, 7) is 3.61. The van der Waals surface area contributed by atoms with Crippen LogP contribution in [0, 0.1) is 6.92 Å². The van der Waals surface area contributed by atoms with Gasteiger partial charge in [0.15, 0.2) is 13.2 Å². The van der Waals surface area contributed by atoms with Crippen LogP contribution >= 0.6 is 0 Å². The number of carbonyl (C=O) groups excluding carboxylic acids is 1. The molecule has 0 atom stereocenters. The van der Waals surface area contributed by atoms with Crippen LogP contribution in [0.1, 0.15) is 24.0 Å². The van der Waals surface area contributed by atoms with Gasteiger partial charge in [-0.3, -0.25) is 0 Å². The molecular weight excluding hydrogens is 204 g/mol. The van der Waals surface area contributed by atoms with Gasteiger partial charge in [0, 0.05) is 12.8 Å². The second-order valence-electron chi connectivity index (χ2n) is 4.17. The Morgan fingerprint density at radius 2 is 1.88 bits per heavy atom. The zero-order chi connectivity index (χ0) is 11.4. The molecule has 1 aromatic carbocycles. The van der Waals surface area contributed by atoms with Gasteiger partial charge in [0.2, 0.25) is 0 Å². The van der Waals surface area contributed by atoms with E-state index in [-0.39, 0.29) is 5.97 Å². The van der Waals surface area contributed by atoms with Gasteiger partial charge >= 0.3 is 5.97 Å². The fourth-order valence-corrected chi connectivity index (χ4v) is 1.75. The van der Waals surface area contributed by atoms with Crippen LogP contribution in [0.5, 0.6) is 0 Å². The maximum absolute atomic E-state index is 11.6. The molecule has 0 amide bonds. The highest BCUT2D eigenvalue weighted by molar-refractivity contribution is 5.72. The molecule has 1 aromatic rings. The summed E-state index contributed by atoms with van der Waals surface area (Å²) in [7, 11) is 0. The van der Waals surface area contributed by atoms with Crippen LogP contribution in [-0.4, -0.2) is 19.2 Å². The third-order valence-corrected chi connectivity index (χ3v) is 2.67. The lowest BCUT2D eigenvalue weighted by molar-refractivity contribution is -0.411. The molecular formula is C13H17O3+. The molecule has 0 radical (unpaired) electrons. The molecule has 0 unspecified atom stereocenters. The first-order valence-corrected chi connectivity index (χ1v) is 5.68. The molecule has 3 heteroatoms. The molecule has 0 spiro atoms. The first-order chi connectivity index (χ1) is 7.74. The number of aryl methyl sites for hydroxylation is 1. The monoisotopic (exact) mass is 221 g/mol. The topological polar surface area (TPSA) is 29.0 Å². The van der Waals surface area contributed by atoms with Crippen molar-refractivity contribution in [1.82, 2.24) is 0 Å². The third-order valence-electron chi connectivity index (χ3n) is 2.67. The van der Waals surface area contributed by atoms with Crippen molar-refractivity contribution in [2.45, 2.75) is 26.2 Å². The Bertz CT molecular complexity index is 350. The van der Waals surface area contributed by atoms with E-state index in [9.17, 15) is 4.79 Å². The number of hydrogen-bond donors (Lipinski definition) is 0. The molecule has 1 saturated heterocycles.